The van der Waals surface area contributed by atoms with E-state index in [-0.39, 0.29) is 23.1 Å². The molecule has 0 bridgehead atoms. The minimum Gasteiger partial charge on any atom is -0.417 e. The minimum absolute atomic E-state index is 0.0898. The van der Waals surface area contributed by atoms with Crippen molar-refractivity contribution < 1.29 is 30.2 Å². The average Bonchev–Trinajstić information content (AvgIpc) is 2.35. The van der Waals surface area contributed by atoms with Crippen molar-refractivity contribution in [1.29, 1.82) is 0 Å². The third kappa shape index (κ3) is 5.49. The van der Waals surface area contributed by atoms with Crippen molar-refractivity contribution in [1.82, 2.24) is 0 Å². The molecule has 1 atom stereocenters. The molecule has 23 heavy (non-hydrogen) atoms. The molecule has 9 heteroatoms. The van der Waals surface area contributed by atoms with Crippen LogP contribution in [0.2, 0.25) is 18.1 Å². The SMILES string of the molecule is CC(C)(C)[Si](C)(C)OCC1CC=C(OS(=O)(=O)C(F)(F)F)CC1. The summed E-state index contributed by atoms with van der Waals surface area (Å²) < 4.78 is 69.0. The zero-order valence-corrected chi connectivity index (χ0v) is 16.0. The summed E-state index contributed by atoms with van der Waals surface area (Å²) in [5.74, 6) is 0.0379. The number of rotatable bonds is 5. The molecule has 1 rings (SSSR count). The molecule has 0 saturated heterocycles. The van der Waals surface area contributed by atoms with Gasteiger partial charge in [-0.1, -0.05) is 20.8 Å². The van der Waals surface area contributed by atoms with Gasteiger partial charge in [-0.25, -0.2) is 0 Å². The van der Waals surface area contributed by atoms with Crippen LogP contribution in [0.5, 0.6) is 0 Å². The van der Waals surface area contributed by atoms with E-state index in [0.717, 1.165) is 0 Å². The molecule has 0 spiro atoms. The van der Waals surface area contributed by atoms with Gasteiger partial charge in [-0.05, 0) is 43.0 Å². The summed E-state index contributed by atoms with van der Waals surface area (Å²) in [6.07, 6.45) is 2.60. The average molecular weight is 374 g/mol. The summed E-state index contributed by atoms with van der Waals surface area (Å²) in [7, 11) is -7.43. The van der Waals surface area contributed by atoms with Gasteiger partial charge in [0.05, 0.1) is 0 Å². The maximum absolute atomic E-state index is 12.3. The fourth-order valence-corrected chi connectivity index (χ4v) is 3.44. The molecule has 1 unspecified atom stereocenters. The molecule has 0 amide bonds. The van der Waals surface area contributed by atoms with Crippen LogP contribution in [0.4, 0.5) is 13.2 Å². The van der Waals surface area contributed by atoms with E-state index < -0.39 is 23.9 Å². The van der Waals surface area contributed by atoms with E-state index in [9.17, 15) is 21.6 Å². The molecule has 0 radical (unpaired) electrons. The second kappa shape index (κ2) is 6.76. The first-order valence-electron chi connectivity index (χ1n) is 7.49. The molecule has 0 fully saturated rings. The number of alkyl halides is 3. The fraction of sp³-hybridized carbons (Fsp3) is 0.857. The number of allylic oxidation sites excluding steroid dienone is 2. The van der Waals surface area contributed by atoms with Crippen LogP contribution < -0.4 is 0 Å². The van der Waals surface area contributed by atoms with Gasteiger partial charge >= 0.3 is 15.6 Å². The van der Waals surface area contributed by atoms with E-state index in [1.165, 1.54) is 6.08 Å². The Morgan fingerprint density at radius 1 is 1.26 bits per heavy atom. The Balaban J connectivity index is 2.57. The highest BCUT2D eigenvalue weighted by Gasteiger charge is 2.49. The fourth-order valence-electron chi connectivity index (χ4n) is 1.82. The van der Waals surface area contributed by atoms with Gasteiger partial charge in [0.1, 0.15) is 5.76 Å². The quantitative estimate of drug-likeness (QED) is 0.402. The Labute approximate surface area is 137 Å². The zero-order valence-electron chi connectivity index (χ0n) is 14.2. The highest BCUT2D eigenvalue weighted by Crippen LogP contribution is 2.38. The van der Waals surface area contributed by atoms with Crippen molar-refractivity contribution in [3.63, 3.8) is 0 Å². The summed E-state index contributed by atoms with van der Waals surface area (Å²) >= 11 is 0. The molecule has 136 valence electrons. The molecule has 0 aromatic rings. The zero-order chi connectivity index (χ0) is 18.1. The third-order valence-corrected chi connectivity index (χ3v) is 9.97. The van der Waals surface area contributed by atoms with Crippen molar-refractivity contribution in [2.24, 2.45) is 5.92 Å². The molecule has 0 N–H and O–H groups in total. The molecule has 1 aliphatic rings. The summed E-state index contributed by atoms with van der Waals surface area (Å²) in [5, 5.41) is 0.0898. The van der Waals surface area contributed by atoms with Crippen LogP contribution >= 0.6 is 0 Å². The lowest BCUT2D eigenvalue weighted by Crippen LogP contribution is -2.42. The maximum atomic E-state index is 12.3. The Morgan fingerprint density at radius 2 is 1.83 bits per heavy atom. The van der Waals surface area contributed by atoms with Gasteiger partial charge in [0, 0.05) is 13.0 Å². The van der Waals surface area contributed by atoms with E-state index in [1.54, 1.807) is 0 Å². The predicted octanol–water partition coefficient (Wildman–Crippen LogP) is 4.56. The van der Waals surface area contributed by atoms with Crippen LogP contribution in [0.25, 0.3) is 0 Å². The lowest BCUT2D eigenvalue weighted by Gasteiger charge is -2.37. The van der Waals surface area contributed by atoms with Crippen molar-refractivity contribution in [3.8, 4) is 0 Å². The second-order valence-corrected chi connectivity index (χ2v) is 13.7. The van der Waals surface area contributed by atoms with Crippen LogP contribution in [-0.4, -0.2) is 28.9 Å². The number of hydrogen-bond acceptors (Lipinski definition) is 4. The largest absolute Gasteiger partial charge is 0.534 e. The molecule has 1 aliphatic carbocycles. The standard InChI is InChI=1S/C14H25F3O4SSi/c1-13(2,3)23(4,5)20-10-11-6-8-12(9-7-11)21-22(18,19)14(15,16)17/h8,11H,6-7,9-10H2,1-5H3. The summed E-state index contributed by atoms with van der Waals surface area (Å²) in [4.78, 5) is 0. The van der Waals surface area contributed by atoms with Crippen molar-refractivity contribution in [3.05, 3.63) is 11.8 Å². The minimum atomic E-state index is -5.56. The van der Waals surface area contributed by atoms with E-state index in [1.807, 2.05) is 0 Å². The van der Waals surface area contributed by atoms with Crippen LogP contribution in [0, 0.1) is 5.92 Å². The highest BCUT2D eigenvalue weighted by molar-refractivity contribution is 7.87. The van der Waals surface area contributed by atoms with Gasteiger partial charge in [0.25, 0.3) is 0 Å². The second-order valence-electron chi connectivity index (χ2n) is 7.37. The van der Waals surface area contributed by atoms with Crippen LogP contribution in [0.15, 0.2) is 11.8 Å². The smallest absolute Gasteiger partial charge is 0.417 e. The molecule has 0 heterocycles. The Bertz CT molecular complexity index is 547. The Hall–Kier alpha value is -0.543. The number of hydrogen-bond donors (Lipinski definition) is 0. The van der Waals surface area contributed by atoms with Gasteiger partial charge in [-0.15, -0.1) is 0 Å². The lowest BCUT2D eigenvalue weighted by atomic mass is 9.94. The summed E-state index contributed by atoms with van der Waals surface area (Å²) in [6, 6.07) is 0. The van der Waals surface area contributed by atoms with Crippen molar-refractivity contribution in [2.45, 2.75) is 63.7 Å². The van der Waals surface area contributed by atoms with Crippen LogP contribution in [0.3, 0.4) is 0 Å². The van der Waals surface area contributed by atoms with Crippen molar-refractivity contribution >= 4 is 18.4 Å². The molecule has 4 nitrogen and oxygen atoms in total. The lowest BCUT2D eigenvalue weighted by molar-refractivity contribution is -0.0524. The molecule has 0 aromatic heterocycles. The van der Waals surface area contributed by atoms with Gasteiger partial charge in [-0.3, -0.25) is 0 Å². The Morgan fingerprint density at radius 3 is 2.22 bits per heavy atom. The molecular formula is C14H25F3O4SSi. The third-order valence-electron chi connectivity index (χ3n) is 4.46. The molecule has 0 saturated carbocycles. The van der Waals surface area contributed by atoms with E-state index in [0.29, 0.717) is 19.4 Å². The molecule has 0 aromatic carbocycles. The first kappa shape index (κ1) is 20.5. The normalized spacial score (nSPS) is 21.0. The maximum Gasteiger partial charge on any atom is 0.534 e. The molecular weight excluding hydrogens is 349 g/mol. The monoisotopic (exact) mass is 374 g/mol. The van der Waals surface area contributed by atoms with Gasteiger partial charge in [0.15, 0.2) is 8.32 Å². The molecule has 0 aliphatic heterocycles. The van der Waals surface area contributed by atoms with Gasteiger partial charge in [0.2, 0.25) is 0 Å². The first-order chi connectivity index (χ1) is 10.2. The van der Waals surface area contributed by atoms with E-state index in [4.69, 9.17) is 4.43 Å². The first-order valence-corrected chi connectivity index (χ1v) is 11.8. The van der Waals surface area contributed by atoms with Gasteiger partial charge < -0.3 is 8.61 Å². The van der Waals surface area contributed by atoms with Gasteiger partial charge in [-0.2, -0.15) is 21.6 Å². The van der Waals surface area contributed by atoms with E-state index in [2.05, 4.69) is 38.0 Å². The summed E-state index contributed by atoms with van der Waals surface area (Å²) in [5.41, 5.74) is -5.39. The van der Waals surface area contributed by atoms with Crippen LogP contribution in [-0.2, 0) is 18.7 Å². The summed E-state index contributed by atoms with van der Waals surface area (Å²) in [6.45, 7) is 11.2. The van der Waals surface area contributed by atoms with Crippen LogP contribution in [0.1, 0.15) is 40.0 Å². The van der Waals surface area contributed by atoms with Crippen molar-refractivity contribution in [2.75, 3.05) is 6.61 Å². The van der Waals surface area contributed by atoms with E-state index >= 15 is 0 Å². The predicted molar refractivity (Wildman–Crippen MR) is 84.6 cm³/mol. The highest BCUT2D eigenvalue weighted by atomic mass is 32.2. The number of halogens is 3. The Kier molecular flexibility index (Phi) is 6.02. The topological polar surface area (TPSA) is 52.6 Å².